The van der Waals surface area contributed by atoms with Crippen LogP contribution in [0.5, 0.6) is 0 Å². The number of allylic oxidation sites excluding steroid dienone is 1. The number of benzene rings is 1. The number of hydrogen-bond acceptors (Lipinski definition) is 8. The van der Waals surface area contributed by atoms with Gasteiger partial charge >= 0.3 is 0 Å². The third kappa shape index (κ3) is 6.95. The van der Waals surface area contributed by atoms with Gasteiger partial charge in [-0.1, -0.05) is 32.4 Å². The largest absolute Gasteiger partial charge is 0.355 e. The maximum absolute atomic E-state index is 14.6. The number of halogens is 1. The van der Waals surface area contributed by atoms with E-state index in [1.165, 1.54) is 6.92 Å². The molecule has 4 atom stereocenters. The Labute approximate surface area is 305 Å². The van der Waals surface area contributed by atoms with E-state index >= 15 is 0 Å². The van der Waals surface area contributed by atoms with E-state index in [9.17, 15) is 19.2 Å². The molecule has 1 saturated carbocycles. The smallest absolute Gasteiger partial charge is 0.248 e. The number of carbonyl (C=O) groups excluding carboxylic acids is 4. The van der Waals surface area contributed by atoms with Crippen LogP contribution in [0.4, 0.5) is 5.82 Å². The zero-order valence-electron chi connectivity index (χ0n) is 29.6. The normalized spacial score (nSPS) is 20.6. The fourth-order valence-electron chi connectivity index (χ4n) is 7.56. The van der Waals surface area contributed by atoms with Crippen LogP contribution in [0, 0.1) is 25.2 Å². The summed E-state index contributed by atoms with van der Waals surface area (Å²) in [6.07, 6.45) is 8.23. The minimum absolute atomic E-state index is 0.0325. The van der Waals surface area contributed by atoms with Gasteiger partial charge in [-0.05, 0) is 89.8 Å². The molecule has 1 aliphatic heterocycles. The highest BCUT2D eigenvalue weighted by Crippen LogP contribution is 2.64. The van der Waals surface area contributed by atoms with Crippen molar-refractivity contribution < 1.29 is 19.2 Å². The van der Waals surface area contributed by atoms with Crippen molar-refractivity contribution in [3.05, 3.63) is 76.6 Å². The molecule has 1 saturated heterocycles. The number of anilines is 1. The number of ketones is 1. The number of nitrogens with zero attached hydrogens (tertiary/aromatic N) is 6. The summed E-state index contributed by atoms with van der Waals surface area (Å²) >= 11 is 3.38. The number of fused-ring (bicyclic) bond motifs is 2. The summed E-state index contributed by atoms with van der Waals surface area (Å²) in [6.45, 7) is 13.3. The van der Waals surface area contributed by atoms with E-state index in [1.807, 2.05) is 39.0 Å². The molecule has 1 unspecified atom stereocenters. The SMILES string of the molecule is C=CCc1cc(-c2cnc(C)nc2)cc2c(C(C)=O)nn(CC(=O)N3C4[C@H](C)[C@]4(CNC(=O)CCCC)C[C@H]3C(=O)Nc3nc(Br)ccc3C)c12. The molecule has 266 valence electrons. The molecule has 6 rings (SSSR count). The van der Waals surface area contributed by atoms with Gasteiger partial charge in [-0.3, -0.25) is 23.9 Å². The zero-order chi connectivity index (χ0) is 36.6. The Kier molecular flexibility index (Phi) is 10.2. The number of pyridine rings is 1. The Balaban J connectivity index is 1.36. The summed E-state index contributed by atoms with van der Waals surface area (Å²) < 4.78 is 2.16. The van der Waals surface area contributed by atoms with Crippen LogP contribution in [-0.4, -0.2) is 71.8 Å². The third-order valence-electron chi connectivity index (χ3n) is 10.4. The monoisotopic (exact) mass is 754 g/mol. The van der Waals surface area contributed by atoms with Gasteiger partial charge in [0.25, 0.3) is 0 Å². The number of rotatable bonds is 13. The summed E-state index contributed by atoms with van der Waals surface area (Å²) in [5.74, 6) is 0.187. The summed E-state index contributed by atoms with van der Waals surface area (Å²) in [7, 11) is 0. The third-order valence-corrected chi connectivity index (χ3v) is 10.8. The lowest BCUT2D eigenvalue weighted by atomic mass is 9.95. The minimum atomic E-state index is -0.804. The van der Waals surface area contributed by atoms with Gasteiger partial charge in [-0.15, -0.1) is 6.58 Å². The van der Waals surface area contributed by atoms with E-state index in [2.05, 4.69) is 55.0 Å². The Morgan fingerprint density at radius 2 is 1.86 bits per heavy atom. The number of unbranched alkanes of at least 4 members (excludes halogenated alkanes) is 1. The quantitative estimate of drug-likeness (QED) is 0.0995. The number of piperidine rings is 1. The summed E-state index contributed by atoms with van der Waals surface area (Å²) in [5.41, 5.74) is 3.67. The molecule has 3 aromatic heterocycles. The molecule has 0 spiro atoms. The molecule has 0 radical (unpaired) electrons. The minimum Gasteiger partial charge on any atom is -0.355 e. The molecule has 4 heterocycles. The van der Waals surface area contributed by atoms with Crippen LogP contribution in [0.1, 0.15) is 73.9 Å². The second-order valence-electron chi connectivity index (χ2n) is 13.8. The van der Waals surface area contributed by atoms with Gasteiger partial charge in [-0.25, -0.2) is 15.0 Å². The van der Waals surface area contributed by atoms with Crippen molar-refractivity contribution in [1.82, 2.24) is 34.9 Å². The molecule has 2 fully saturated rings. The number of nitrogens with one attached hydrogen (secondary N) is 2. The van der Waals surface area contributed by atoms with E-state index in [0.717, 1.165) is 35.1 Å². The Bertz CT molecular complexity index is 2040. The van der Waals surface area contributed by atoms with E-state index < -0.39 is 11.5 Å². The molecule has 13 heteroatoms. The molecular formula is C38H43BrN8O4. The molecule has 0 bridgehead atoms. The fourth-order valence-corrected chi connectivity index (χ4v) is 7.87. The van der Waals surface area contributed by atoms with Crippen LogP contribution in [0.25, 0.3) is 22.0 Å². The summed E-state index contributed by atoms with van der Waals surface area (Å²) in [5, 5.41) is 11.4. The number of Topliss-reactive ketones (excluding diaryl/α,β-unsaturated/α-hetero) is 1. The van der Waals surface area contributed by atoms with Gasteiger partial charge in [0, 0.05) is 54.7 Å². The van der Waals surface area contributed by atoms with Crippen molar-refractivity contribution in [3.63, 3.8) is 0 Å². The van der Waals surface area contributed by atoms with E-state index in [0.29, 0.717) is 53.0 Å². The molecule has 2 aliphatic rings. The first-order chi connectivity index (χ1) is 24.4. The Morgan fingerprint density at radius 1 is 1.12 bits per heavy atom. The lowest BCUT2D eigenvalue weighted by Gasteiger charge is -2.28. The predicted molar refractivity (Wildman–Crippen MR) is 198 cm³/mol. The highest BCUT2D eigenvalue weighted by Gasteiger charge is 2.72. The van der Waals surface area contributed by atoms with Crippen molar-refractivity contribution in [3.8, 4) is 11.1 Å². The first kappa shape index (κ1) is 36.0. The molecule has 2 N–H and O–H groups in total. The Morgan fingerprint density at radius 3 is 2.55 bits per heavy atom. The lowest BCUT2D eigenvalue weighted by molar-refractivity contribution is -0.139. The van der Waals surface area contributed by atoms with Crippen LogP contribution >= 0.6 is 15.9 Å². The van der Waals surface area contributed by atoms with Gasteiger partial charge in [0.05, 0.1) is 5.52 Å². The molecule has 3 amide bonds. The number of hydrogen-bond donors (Lipinski definition) is 2. The molecule has 51 heavy (non-hydrogen) atoms. The standard InChI is InChI=1S/C38H43BrN8O4/c1-7-9-11-31(49)42-20-38-16-29(37(51)44-36-21(3)12-13-30(39)43-36)47(35(38)22(38)4)32(50)19-46-34-25(10-8-2)14-26(27-17-40-24(6)41-18-27)15-28(34)33(45-46)23(5)48/h8,12-15,17-18,22,29,35H,2,7,9-11,16,19-20H2,1,3-6H3,(H,42,49)(H,43,44,51)/t22-,29-,35?,38+/m0/s1. The predicted octanol–water partition coefficient (Wildman–Crippen LogP) is 5.75. The zero-order valence-corrected chi connectivity index (χ0v) is 31.2. The topological polar surface area (TPSA) is 152 Å². The van der Waals surface area contributed by atoms with Gasteiger partial charge < -0.3 is 15.5 Å². The average molecular weight is 756 g/mol. The number of amides is 3. The van der Waals surface area contributed by atoms with Crippen LogP contribution in [0.3, 0.4) is 0 Å². The van der Waals surface area contributed by atoms with Gasteiger partial charge in [0.1, 0.15) is 34.5 Å². The number of aromatic nitrogens is 5. The van der Waals surface area contributed by atoms with E-state index in [1.54, 1.807) is 34.1 Å². The van der Waals surface area contributed by atoms with Crippen LogP contribution in [-0.2, 0) is 27.3 Å². The number of carbonyl (C=O) groups is 4. The highest BCUT2D eigenvalue weighted by atomic mass is 79.9. The molecule has 4 aromatic rings. The second kappa shape index (κ2) is 14.5. The van der Waals surface area contributed by atoms with Gasteiger partial charge in [0.15, 0.2) is 5.78 Å². The molecule has 1 aromatic carbocycles. The fraction of sp³-hybridized carbons (Fsp3) is 0.421. The maximum Gasteiger partial charge on any atom is 0.248 e. The molecule has 1 aliphatic carbocycles. The van der Waals surface area contributed by atoms with Crippen molar-refractivity contribution >= 4 is 56.2 Å². The molecular weight excluding hydrogens is 712 g/mol. The maximum atomic E-state index is 14.6. The Hall–Kier alpha value is -4.78. The second-order valence-corrected chi connectivity index (χ2v) is 14.6. The van der Waals surface area contributed by atoms with Crippen molar-refractivity contribution in [1.29, 1.82) is 0 Å². The van der Waals surface area contributed by atoms with Crippen molar-refractivity contribution in [2.75, 3.05) is 11.9 Å². The van der Waals surface area contributed by atoms with Gasteiger partial charge in [-0.2, -0.15) is 5.10 Å². The van der Waals surface area contributed by atoms with Crippen LogP contribution in [0.2, 0.25) is 0 Å². The van der Waals surface area contributed by atoms with Gasteiger partial charge in [0.2, 0.25) is 17.7 Å². The molecule has 12 nitrogen and oxygen atoms in total. The van der Waals surface area contributed by atoms with Crippen molar-refractivity contribution in [2.24, 2.45) is 11.3 Å². The summed E-state index contributed by atoms with van der Waals surface area (Å²) in [4.78, 5) is 69.1. The van der Waals surface area contributed by atoms with Crippen LogP contribution in [0.15, 0.2) is 53.9 Å². The summed E-state index contributed by atoms with van der Waals surface area (Å²) in [6, 6.07) is 6.45. The number of likely N-dealkylation sites (tertiary alicyclic amines) is 1. The van der Waals surface area contributed by atoms with E-state index in [4.69, 9.17) is 5.10 Å². The average Bonchev–Trinajstić information content (AvgIpc) is 3.36. The van der Waals surface area contributed by atoms with Crippen molar-refractivity contribution in [2.45, 2.75) is 85.4 Å². The first-order valence-corrected chi connectivity index (χ1v) is 18.1. The van der Waals surface area contributed by atoms with Crippen LogP contribution < -0.4 is 10.6 Å². The number of aryl methyl sites for hydroxylation is 2. The first-order valence-electron chi connectivity index (χ1n) is 17.3. The lowest BCUT2D eigenvalue weighted by Crippen LogP contribution is -2.47. The highest BCUT2D eigenvalue weighted by molar-refractivity contribution is 9.10. The van der Waals surface area contributed by atoms with E-state index in [-0.39, 0.29) is 47.7 Å².